The first kappa shape index (κ1) is 12.7. The lowest BCUT2D eigenvalue weighted by Gasteiger charge is -2.23. The summed E-state index contributed by atoms with van der Waals surface area (Å²) in [6.45, 7) is 9.27. The summed E-state index contributed by atoms with van der Waals surface area (Å²) < 4.78 is 0. The quantitative estimate of drug-likeness (QED) is 0.848. The summed E-state index contributed by atoms with van der Waals surface area (Å²) in [6.07, 6.45) is 1.17. The Bertz CT molecular complexity index is 362. The van der Waals surface area contributed by atoms with Gasteiger partial charge in [0.2, 0.25) is 0 Å². The van der Waals surface area contributed by atoms with E-state index in [0.717, 1.165) is 23.8 Å². The number of rotatable bonds is 4. The Kier molecular flexibility index (Phi) is 4.10. The van der Waals surface area contributed by atoms with Gasteiger partial charge in [0.1, 0.15) is 17.5 Å². The smallest absolute Gasteiger partial charge is 0.137 e. The van der Waals surface area contributed by atoms with Gasteiger partial charge in [0.05, 0.1) is 0 Å². The van der Waals surface area contributed by atoms with Crippen molar-refractivity contribution < 1.29 is 0 Å². The lowest BCUT2D eigenvalue weighted by molar-refractivity contribution is 0.557. The highest BCUT2D eigenvalue weighted by molar-refractivity contribution is 5.55. The van der Waals surface area contributed by atoms with E-state index in [1.54, 1.807) is 0 Å². The molecule has 1 atom stereocenters. The largest absolute Gasteiger partial charge is 0.383 e. The van der Waals surface area contributed by atoms with Gasteiger partial charge in [-0.15, -0.1) is 0 Å². The van der Waals surface area contributed by atoms with Crippen molar-refractivity contribution in [2.24, 2.45) is 5.92 Å². The van der Waals surface area contributed by atoms with Gasteiger partial charge in [-0.05, 0) is 19.8 Å². The van der Waals surface area contributed by atoms with Gasteiger partial charge in [0.25, 0.3) is 0 Å². The van der Waals surface area contributed by atoms with Crippen molar-refractivity contribution in [2.75, 3.05) is 24.2 Å². The molecule has 1 rings (SSSR count). The monoisotopic (exact) mass is 222 g/mol. The summed E-state index contributed by atoms with van der Waals surface area (Å²) in [5, 5.41) is 0. The fourth-order valence-electron chi connectivity index (χ4n) is 1.69. The Morgan fingerprint density at radius 1 is 1.31 bits per heavy atom. The molecule has 0 saturated heterocycles. The molecule has 0 radical (unpaired) electrons. The van der Waals surface area contributed by atoms with E-state index in [-0.39, 0.29) is 0 Å². The highest BCUT2D eigenvalue weighted by atomic mass is 15.2. The van der Waals surface area contributed by atoms with Crippen molar-refractivity contribution in [3.8, 4) is 0 Å². The fourth-order valence-corrected chi connectivity index (χ4v) is 1.69. The van der Waals surface area contributed by atoms with E-state index >= 15 is 0 Å². The molecule has 0 saturated carbocycles. The number of nitrogens with zero attached hydrogens (tertiary/aromatic N) is 3. The molecule has 90 valence electrons. The Morgan fingerprint density at radius 3 is 2.50 bits per heavy atom. The third kappa shape index (κ3) is 2.84. The van der Waals surface area contributed by atoms with Gasteiger partial charge in [-0.2, -0.15) is 0 Å². The molecule has 0 aliphatic carbocycles. The first-order valence-corrected chi connectivity index (χ1v) is 5.77. The van der Waals surface area contributed by atoms with Crippen LogP contribution in [0.5, 0.6) is 0 Å². The van der Waals surface area contributed by atoms with E-state index in [1.165, 1.54) is 6.42 Å². The molecule has 1 aromatic rings. The highest BCUT2D eigenvalue weighted by Crippen LogP contribution is 2.21. The number of hydrogen-bond donors (Lipinski definition) is 1. The second-order valence-electron chi connectivity index (χ2n) is 4.50. The van der Waals surface area contributed by atoms with Crippen molar-refractivity contribution >= 4 is 11.6 Å². The number of aryl methyl sites for hydroxylation is 1. The van der Waals surface area contributed by atoms with E-state index in [9.17, 15) is 0 Å². The number of nitrogens with two attached hydrogens (primary N) is 1. The van der Waals surface area contributed by atoms with Crippen LogP contribution in [0, 0.1) is 19.8 Å². The molecule has 0 fully saturated rings. The maximum Gasteiger partial charge on any atom is 0.137 e. The molecular weight excluding hydrogens is 200 g/mol. The predicted octanol–water partition coefficient (Wildman–Crippen LogP) is 2.16. The van der Waals surface area contributed by atoms with Crippen molar-refractivity contribution in [1.29, 1.82) is 0 Å². The minimum Gasteiger partial charge on any atom is -0.383 e. The van der Waals surface area contributed by atoms with Crippen LogP contribution in [0.1, 0.15) is 31.7 Å². The van der Waals surface area contributed by atoms with Crippen LogP contribution in [-0.4, -0.2) is 23.6 Å². The zero-order valence-corrected chi connectivity index (χ0v) is 10.9. The number of anilines is 2. The summed E-state index contributed by atoms with van der Waals surface area (Å²) in [7, 11) is 2.06. The Balaban J connectivity index is 2.94. The number of aromatic nitrogens is 2. The van der Waals surface area contributed by atoms with Crippen LogP contribution in [0.3, 0.4) is 0 Å². The van der Waals surface area contributed by atoms with Gasteiger partial charge in [0, 0.05) is 19.2 Å². The van der Waals surface area contributed by atoms with Crippen molar-refractivity contribution in [2.45, 2.75) is 34.1 Å². The average molecular weight is 222 g/mol. The normalized spacial score (nSPS) is 12.6. The Hall–Kier alpha value is -1.32. The van der Waals surface area contributed by atoms with Crippen molar-refractivity contribution in [3.63, 3.8) is 0 Å². The van der Waals surface area contributed by atoms with E-state index in [1.807, 2.05) is 13.8 Å². The molecule has 0 aliphatic heterocycles. The Morgan fingerprint density at radius 2 is 1.94 bits per heavy atom. The molecule has 0 aliphatic rings. The lowest BCUT2D eigenvalue weighted by Crippen LogP contribution is -2.26. The minimum absolute atomic E-state index is 0.582. The van der Waals surface area contributed by atoms with E-state index in [0.29, 0.717) is 11.7 Å². The summed E-state index contributed by atoms with van der Waals surface area (Å²) in [5.74, 6) is 2.92. The standard InChI is InChI=1S/C12H22N4/c1-6-8(2)7-16(5)12-9(3)11(13)14-10(4)15-12/h8H,6-7H2,1-5H3,(H2,13,14,15). The minimum atomic E-state index is 0.582. The molecule has 16 heavy (non-hydrogen) atoms. The van der Waals surface area contributed by atoms with Crippen LogP contribution < -0.4 is 10.6 Å². The van der Waals surface area contributed by atoms with Crippen LogP contribution in [0.2, 0.25) is 0 Å². The Labute approximate surface area is 97.9 Å². The molecule has 4 nitrogen and oxygen atoms in total. The lowest BCUT2D eigenvalue weighted by atomic mass is 10.1. The maximum atomic E-state index is 5.84. The molecule has 2 N–H and O–H groups in total. The van der Waals surface area contributed by atoms with Gasteiger partial charge in [-0.25, -0.2) is 9.97 Å². The SMILES string of the molecule is CCC(C)CN(C)c1nc(C)nc(N)c1C. The molecule has 1 heterocycles. The van der Waals surface area contributed by atoms with Crippen molar-refractivity contribution in [3.05, 3.63) is 11.4 Å². The van der Waals surface area contributed by atoms with Crippen LogP contribution in [0.4, 0.5) is 11.6 Å². The highest BCUT2D eigenvalue weighted by Gasteiger charge is 2.12. The molecule has 0 spiro atoms. The second kappa shape index (κ2) is 5.14. The molecule has 1 unspecified atom stereocenters. The zero-order chi connectivity index (χ0) is 12.3. The zero-order valence-electron chi connectivity index (χ0n) is 10.9. The number of hydrogen-bond acceptors (Lipinski definition) is 4. The molecule has 4 heteroatoms. The van der Waals surface area contributed by atoms with Gasteiger partial charge < -0.3 is 10.6 Å². The van der Waals surface area contributed by atoms with Crippen LogP contribution in [-0.2, 0) is 0 Å². The number of nitrogen functional groups attached to an aromatic ring is 1. The maximum absolute atomic E-state index is 5.84. The van der Waals surface area contributed by atoms with E-state index in [2.05, 4.69) is 35.8 Å². The topological polar surface area (TPSA) is 55.0 Å². The third-order valence-electron chi connectivity index (χ3n) is 2.91. The first-order valence-electron chi connectivity index (χ1n) is 5.77. The predicted molar refractivity (Wildman–Crippen MR) is 68.6 cm³/mol. The average Bonchev–Trinajstić information content (AvgIpc) is 2.22. The van der Waals surface area contributed by atoms with E-state index < -0.39 is 0 Å². The van der Waals surface area contributed by atoms with E-state index in [4.69, 9.17) is 5.73 Å². The fraction of sp³-hybridized carbons (Fsp3) is 0.667. The second-order valence-corrected chi connectivity index (χ2v) is 4.50. The third-order valence-corrected chi connectivity index (χ3v) is 2.91. The summed E-state index contributed by atoms with van der Waals surface area (Å²) in [6, 6.07) is 0. The first-order chi connectivity index (χ1) is 7.45. The van der Waals surface area contributed by atoms with Gasteiger partial charge >= 0.3 is 0 Å². The van der Waals surface area contributed by atoms with Gasteiger partial charge in [-0.1, -0.05) is 20.3 Å². The van der Waals surface area contributed by atoms with Crippen molar-refractivity contribution in [1.82, 2.24) is 9.97 Å². The van der Waals surface area contributed by atoms with Gasteiger partial charge in [0.15, 0.2) is 0 Å². The van der Waals surface area contributed by atoms with Gasteiger partial charge in [-0.3, -0.25) is 0 Å². The molecule has 0 bridgehead atoms. The van der Waals surface area contributed by atoms with Crippen LogP contribution >= 0.6 is 0 Å². The molecular formula is C12H22N4. The molecule has 0 aromatic carbocycles. The summed E-state index contributed by atoms with van der Waals surface area (Å²) >= 11 is 0. The van der Waals surface area contributed by atoms with Crippen LogP contribution in [0.25, 0.3) is 0 Å². The molecule has 1 aromatic heterocycles. The van der Waals surface area contributed by atoms with Crippen LogP contribution in [0.15, 0.2) is 0 Å². The summed E-state index contributed by atoms with van der Waals surface area (Å²) in [5.41, 5.74) is 6.81. The molecule has 0 amide bonds. The summed E-state index contributed by atoms with van der Waals surface area (Å²) in [4.78, 5) is 10.8.